The molecule has 0 aromatic heterocycles. The molecule has 0 saturated carbocycles. The average molecular weight is 210 g/mol. The van der Waals surface area contributed by atoms with Crippen LogP contribution in [0.4, 0.5) is 0 Å². The second-order valence-corrected chi connectivity index (χ2v) is 5.27. The predicted octanol–water partition coefficient (Wildman–Crippen LogP) is 0.991. The number of rotatable bonds is 3. The fraction of sp³-hybridized carbons (Fsp3) is 0.917. The lowest BCUT2D eigenvalue weighted by molar-refractivity contribution is -0.126. The van der Waals surface area contributed by atoms with E-state index in [1.54, 1.807) is 0 Å². The summed E-state index contributed by atoms with van der Waals surface area (Å²) < 4.78 is 0. The number of nitrogens with zero attached hydrogens (tertiary/aromatic N) is 2. The molecule has 3 rings (SSSR count). The standard InChI is InChI=1S/C12H22N2O/c1-10(2)8-12(15)11-9-13-4-3-5-14(11)7-6-13/h10-11H,3-9H2,1-2H3. The number of carbonyl (C=O) groups excluding carboxylic acids is 1. The minimum atomic E-state index is 0.198. The monoisotopic (exact) mass is 210 g/mol. The molecule has 3 fully saturated rings. The van der Waals surface area contributed by atoms with Gasteiger partial charge in [-0.15, -0.1) is 0 Å². The van der Waals surface area contributed by atoms with Crippen LogP contribution in [-0.4, -0.2) is 54.3 Å². The van der Waals surface area contributed by atoms with Crippen LogP contribution in [0.5, 0.6) is 0 Å². The molecule has 0 aromatic rings. The highest BCUT2D eigenvalue weighted by Crippen LogP contribution is 2.18. The molecule has 3 saturated heterocycles. The summed E-state index contributed by atoms with van der Waals surface area (Å²) in [5.41, 5.74) is 0. The van der Waals surface area contributed by atoms with E-state index in [4.69, 9.17) is 0 Å². The molecule has 3 heteroatoms. The van der Waals surface area contributed by atoms with Crippen LogP contribution in [0.2, 0.25) is 0 Å². The first kappa shape index (κ1) is 11.1. The Hall–Kier alpha value is -0.410. The van der Waals surface area contributed by atoms with E-state index in [1.165, 1.54) is 13.0 Å². The van der Waals surface area contributed by atoms with Gasteiger partial charge in [0.1, 0.15) is 0 Å². The molecular formula is C12H22N2O. The summed E-state index contributed by atoms with van der Waals surface area (Å²) in [5, 5.41) is 0. The van der Waals surface area contributed by atoms with Crippen molar-refractivity contribution in [3.63, 3.8) is 0 Å². The molecule has 2 bridgehead atoms. The Labute approximate surface area is 92.4 Å². The first-order valence-corrected chi connectivity index (χ1v) is 6.16. The van der Waals surface area contributed by atoms with Gasteiger partial charge in [-0.05, 0) is 18.9 Å². The normalized spacial score (nSPS) is 35.5. The van der Waals surface area contributed by atoms with Crippen molar-refractivity contribution < 1.29 is 4.79 Å². The number of piperazine rings is 1. The Morgan fingerprint density at radius 1 is 1.27 bits per heavy atom. The molecule has 15 heavy (non-hydrogen) atoms. The summed E-state index contributed by atoms with van der Waals surface area (Å²) in [6.07, 6.45) is 1.97. The quantitative estimate of drug-likeness (QED) is 0.694. The fourth-order valence-corrected chi connectivity index (χ4v) is 2.69. The van der Waals surface area contributed by atoms with Crippen molar-refractivity contribution in [2.75, 3.05) is 32.7 Å². The van der Waals surface area contributed by atoms with Gasteiger partial charge in [0.15, 0.2) is 5.78 Å². The van der Waals surface area contributed by atoms with E-state index >= 15 is 0 Å². The van der Waals surface area contributed by atoms with Gasteiger partial charge in [0.25, 0.3) is 0 Å². The van der Waals surface area contributed by atoms with Crippen LogP contribution in [0.1, 0.15) is 26.7 Å². The molecule has 3 atom stereocenters. The van der Waals surface area contributed by atoms with Gasteiger partial charge in [-0.2, -0.15) is 0 Å². The lowest BCUT2D eigenvalue weighted by Gasteiger charge is -2.36. The molecule has 0 radical (unpaired) electrons. The highest BCUT2D eigenvalue weighted by Gasteiger charge is 2.33. The van der Waals surface area contributed by atoms with Crippen LogP contribution in [0, 0.1) is 5.92 Å². The lowest BCUT2D eigenvalue weighted by atomic mass is 9.99. The molecule has 0 amide bonds. The summed E-state index contributed by atoms with van der Waals surface area (Å²) in [5.74, 6) is 0.951. The third-order valence-electron chi connectivity index (χ3n) is 3.48. The molecule has 3 aliphatic heterocycles. The lowest BCUT2D eigenvalue weighted by Crippen LogP contribution is -2.53. The molecule has 0 spiro atoms. The van der Waals surface area contributed by atoms with Crippen LogP contribution in [0.25, 0.3) is 0 Å². The van der Waals surface area contributed by atoms with Crippen LogP contribution >= 0.6 is 0 Å². The van der Waals surface area contributed by atoms with Gasteiger partial charge in [-0.3, -0.25) is 9.69 Å². The van der Waals surface area contributed by atoms with Crippen molar-refractivity contribution in [2.24, 2.45) is 5.92 Å². The van der Waals surface area contributed by atoms with Gasteiger partial charge in [-0.1, -0.05) is 13.8 Å². The Bertz CT molecular complexity index is 236. The zero-order valence-electron chi connectivity index (χ0n) is 9.91. The molecule has 3 aliphatic rings. The van der Waals surface area contributed by atoms with E-state index in [9.17, 15) is 4.79 Å². The largest absolute Gasteiger partial charge is 0.300 e. The Kier molecular flexibility index (Phi) is 3.42. The number of Topliss-reactive ketones (excluding diaryl/α,β-unsaturated/α-hetero) is 1. The van der Waals surface area contributed by atoms with Gasteiger partial charge >= 0.3 is 0 Å². The summed E-state index contributed by atoms with van der Waals surface area (Å²) >= 11 is 0. The van der Waals surface area contributed by atoms with Crippen LogP contribution in [-0.2, 0) is 4.79 Å². The van der Waals surface area contributed by atoms with Crippen molar-refractivity contribution in [2.45, 2.75) is 32.7 Å². The van der Waals surface area contributed by atoms with E-state index in [0.29, 0.717) is 11.7 Å². The van der Waals surface area contributed by atoms with Crippen molar-refractivity contribution in [1.82, 2.24) is 9.80 Å². The summed E-state index contributed by atoms with van der Waals surface area (Å²) in [4.78, 5) is 16.9. The average Bonchev–Trinajstić information content (AvgIpc) is 2.50. The topological polar surface area (TPSA) is 23.6 Å². The molecule has 0 aromatic carbocycles. The second kappa shape index (κ2) is 4.62. The molecule has 3 heterocycles. The summed E-state index contributed by atoms with van der Waals surface area (Å²) in [6.45, 7) is 9.78. The predicted molar refractivity (Wildman–Crippen MR) is 60.9 cm³/mol. The van der Waals surface area contributed by atoms with E-state index < -0.39 is 0 Å². The second-order valence-electron chi connectivity index (χ2n) is 5.27. The third-order valence-corrected chi connectivity index (χ3v) is 3.48. The maximum atomic E-state index is 12.1. The number of carbonyl (C=O) groups is 1. The third kappa shape index (κ3) is 2.58. The minimum absolute atomic E-state index is 0.198. The number of ketones is 1. The smallest absolute Gasteiger partial charge is 0.151 e. The van der Waals surface area contributed by atoms with Gasteiger partial charge in [-0.25, -0.2) is 0 Å². The first-order chi connectivity index (χ1) is 7.16. The van der Waals surface area contributed by atoms with E-state index in [2.05, 4.69) is 23.6 Å². The van der Waals surface area contributed by atoms with Gasteiger partial charge in [0.2, 0.25) is 0 Å². The Morgan fingerprint density at radius 2 is 2.07 bits per heavy atom. The molecule has 0 aliphatic carbocycles. The van der Waals surface area contributed by atoms with Gasteiger partial charge in [0, 0.05) is 32.6 Å². The first-order valence-electron chi connectivity index (χ1n) is 6.16. The molecule has 3 nitrogen and oxygen atoms in total. The Balaban J connectivity index is 1.99. The van der Waals surface area contributed by atoms with Crippen LogP contribution in [0.3, 0.4) is 0 Å². The van der Waals surface area contributed by atoms with Crippen molar-refractivity contribution in [1.29, 1.82) is 0 Å². The number of hydrogen-bond acceptors (Lipinski definition) is 3. The SMILES string of the molecule is CC(C)CC(=O)C1CN2CCCN1CC2. The van der Waals surface area contributed by atoms with Crippen molar-refractivity contribution in [3.05, 3.63) is 0 Å². The minimum Gasteiger partial charge on any atom is -0.300 e. The molecule has 86 valence electrons. The van der Waals surface area contributed by atoms with Gasteiger partial charge in [0.05, 0.1) is 6.04 Å². The fourth-order valence-electron chi connectivity index (χ4n) is 2.69. The summed E-state index contributed by atoms with van der Waals surface area (Å²) in [7, 11) is 0. The van der Waals surface area contributed by atoms with Gasteiger partial charge < -0.3 is 4.90 Å². The zero-order chi connectivity index (χ0) is 10.8. The Morgan fingerprint density at radius 3 is 2.80 bits per heavy atom. The number of hydrogen-bond donors (Lipinski definition) is 0. The van der Waals surface area contributed by atoms with Crippen LogP contribution in [0.15, 0.2) is 0 Å². The van der Waals surface area contributed by atoms with Crippen LogP contribution < -0.4 is 0 Å². The maximum absolute atomic E-state index is 12.1. The molecular weight excluding hydrogens is 188 g/mol. The van der Waals surface area contributed by atoms with Crippen molar-refractivity contribution >= 4 is 5.78 Å². The van der Waals surface area contributed by atoms with E-state index in [1.807, 2.05) is 0 Å². The summed E-state index contributed by atoms with van der Waals surface area (Å²) in [6, 6.07) is 0.198. The maximum Gasteiger partial charge on any atom is 0.151 e. The zero-order valence-corrected chi connectivity index (χ0v) is 9.91. The highest BCUT2D eigenvalue weighted by atomic mass is 16.1. The number of fused-ring (bicyclic) bond motifs is 4. The van der Waals surface area contributed by atoms with E-state index in [0.717, 1.165) is 32.6 Å². The van der Waals surface area contributed by atoms with Crippen molar-refractivity contribution in [3.8, 4) is 0 Å². The highest BCUT2D eigenvalue weighted by molar-refractivity contribution is 5.84. The molecule has 3 unspecified atom stereocenters. The molecule has 0 N–H and O–H groups in total. The van der Waals surface area contributed by atoms with E-state index in [-0.39, 0.29) is 6.04 Å².